The van der Waals surface area contributed by atoms with E-state index >= 15 is 0 Å². The van der Waals surface area contributed by atoms with E-state index in [1.54, 1.807) is 12.1 Å². The van der Waals surface area contributed by atoms with Crippen molar-refractivity contribution in [3.8, 4) is 0 Å². The van der Waals surface area contributed by atoms with Crippen molar-refractivity contribution < 1.29 is 9.53 Å². The van der Waals surface area contributed by atoms with E-state index in [1.165, 1.54) is 17.0 Å². The summed E-state index contributed by atoms with van der Waals surface area (Å²) in [4.78, 5) is 19.1. The summed E-state index contributed by atoms with van der Waals surface area (Å²) in [6.07, 6.45) is 0. The van der Waals surface area contributed by atoms with Crippen molar-refractivity contribution in [3.63, 3.8) is 0 Å². The fourth-order valence-electron chi connectivity index (χ4n) is 2.74. The fraction of sp³-hybridized carbons (Fsp3) is 0.222. The minimum atomic E-state index is -0.136. The molecule has 1 amide bonds. The minimum Gasteiger partial charge on any atom is -0.378 e. The van der Waals surface area contributed by atoms with Gasteiger partial charge in [-0.15, -0.1) is 0 Å². The third-order valence-electron chi connectivity index (χ3n) is 4.00. The van der Waals surface area contributed by atoms with Crippen molar-refractivity contribution in [1.82, 2.24) is 4.98 Å². The molecule has 0 spiro atoms. The Bertz CT molecular complexity index is 857. The Morgan fingerprint density at radius 2 is 1.92 bits per heavy atom. The normalized spacial score (nSPS) is 14.8. The Balaban J connectivity index is 1.55. The van der Waals surface area contributed by atoms with Crippen LogP contribution in [0.15, 0.2) is 48.5 Å². The van der Waals surface area contributed by atoms with E-state index in [0.29, 0.717) is 10.7 Å². The number of anilines is 2. The topological polar surface area (TPSA) is 54.5 Å². The van der Waals surface area contributed by atoms with Gasteiger partial charge in [0, 0.05) is 24.3 Å². The number of fused-ring (bicyclic) bond motifs is 1. The first-order valence-corrected chi connectivity index (χ1v) is 8.71. The van der Waals surface area contributed by atoms with Gasteiger partial charge in [0.1, 0.15) is 0 Å². The molecule has 0 unspecified atom stereocenters. The van der Waals surface area contributed by atoms with Crippen LogP contribution in [0.2, 0.25) is 0 Å². The summed E-state index contributed by atoms with van der Waals surface area (Å²) in [6.45, 7) is 3.34. The highest BCUT2D eigenvalue weighted by Gasteiger charge is 2.14. The molecule has 1 aliphatic heterocycles. The van der Waals surface area contributed by atoms with Crippen LogP contribution < -0.4 is 10.2 Å². The first kappa shape index (κ1) is 15.1. The number of thiazole rings is 1. The molecule has 1 N–H and O–H groups in total. The molecular weight excluding hydrogens is 322 g/mol. The molecule has 6 heteroatoms. The molecule has 122 valence electrons. The first-order valence-electron chi connectivity index (χ1n) is 7.89. The zero-order valence-electron chi connectivity index (χ0n) is 13.1. The second-order valence-electron chi connectivity index (χ2n) is 5.59. The SMILES string of the molecule is O=C(Nc1nc2ccc(N3CCOCC3)cc2s1)c1ccccc1. The van der Waals surface area contributed by atoms with Gasteiger partial charge in [0.05, 0.1) is 23.4 Å². The minimum absolute atomic E-state index is 0.136. The van der Waals surface area contributed by atoms with Gasteiger partial charge in [-0.05, 0) is 30.3 Å². The number of hydrogen-bond donors (Lipinski definition) is 1. The zero-order chi connectivity index (χ0) is 16.4. The van der Waals surface area contributed by atoms with Crippen molar-refractivity contribution in [2.75, 3.05) is 36.5 Å². The summed E-state index contributed by atoms with van der Waals surface area (Å²) in [6, 6.07) is 15.4. The number of carbonyl (C=O) groups is 1. The molecule has 0 bridgehead atoms. The monoisotopic (exact) mass is 339 g/mol. The van der Waals surface area contributed by atoms with Crippen molar-refractivity contribution in [1.29, 1.82) is 0 Å². The lowest BCUT2D eigenvalue weighted by molar-refractivity contribution is 0.102. The van der Waals surface area contributed by atoms with E-state index in [9.17, 15) is 4.79 Å². The van der Waals surface area contributed by atoms with Crippen LogP contribution in [0.3, 0.4) is 0 Å². The Labute approximate surface area is 143 Å². The summed E-state index contributed by atoms with van der Waals surface area (Å²) < 4.78 is 6.47. The van der Waals surface area contributed by atoms with E-state index in [-0.39, 0.29) is 5.91 Å². The molecule has 1 aliphatic rings. The van der Waals surface area contributed by atoms with Crippen LogP contribution in [0.4, 0.5) is 10.8 Å². The van der Waals surface area contributed by atoms with Gasteiger partial charge in [0.15, 0.2) is 5.13 Å². The molecule has 2 aromatic carbocycles. The van der Waals surface area contributed by atoms with Gasteiger partial charge in [-0.25, -0.2) is 4.98 Å². The Morgan fingerprint density at radius 3 is 2.71 bits per heavy atom. The molecule has 0 aliphatic carbocycles. The summed E-state index contributed by atoms with van der Waals surface area (Å²) in [5.74, 6) is -0.136. The fourth-order valence-corrected chi connectivity index (χ4v) is 3.64. The Kier molecular flexibility index (Phi) is 4.15. The van der Waals surface area contributed by atoms with Crippen LogP contribution in [0.25, 0.3) is 10.2 Å². The number of rotatable bonds is 3. The lowest BCUT2D eigenvalue weighted by Crippen LogP contribution is -2.36. The van der Waals surface area contributed by atoms with Crippen LogP contribution in [-0.2, 0) is 4.74 Å². The average molecular weight is 339 g/mol. The predicted octanol–water partition coefficient (Wildman–Crippen LogP) is 3.39. The maximum absolute atomic E-state index is 12.2. The van der Waals surface area contributed by atoms with Crippen molar-refractivity contribution in [2.24, 2.45) is 0 Å². The molecule has 0 atom stereocenters. The number of hydrogen-bond acceptors (Lipinski definition) is 5. The maximum Gasteiger partial charge on any atom is 0.257 e. The van der Waals surface area contributed by atoms with E-state index in [0.717, 1.165) is 36.5 Å². The van der Waals surface area contributed by atoms with Gasteiger partial charge in [0.25, 0.3) is 5.91 Å². The number of aromatic nitrogens is 1. The van der Waals surface area contributed by atoms with Crippen LogP contribution in [0.1, 0.15) is 10.4 Å². The second kappa shape index (κ2) is 6.59. The largest absolute Gasteiger partial charge is 0.378 e. The first-order chi connectivity index (χ1) is 11.8. The molecule has 0 saturated carbocycles. The van der Waals surface area contributed by atoms with E-state index in [4.69, 9.17) is 4.74 Å². The number of nitrogens with one attached hydrogen (secondary N) is 1. The molecule has 5 nitrogen and oxygen atoms in total. The number of benzene rings is 2. The second-order valence-corrected chi connectivity index (χ2v) is 6.62. The van der Waals surface area contributed by atoms with Crippen molar-refractivity contribution in [3.05, 3.63) is 54.1 Å². The molecule has 4 rings (SSSR count). The highest BCUT2D eigenvalue weighted by molar-refractivity contribution is 7.22. The van der Waals surface area contributed by atoms with Crippen molar-refractivity contribution in [2.45, 2.75) is 0 Å². The quantitative estimate of drug-likeness (QED) is 0.795. The van der Waals surface area contributed by atoms with Crippen LogP contribution >= 0.6 is 11.3 Å². The van der Waals surface area contributed by atoms with Crippen LogP contribution in [0.5, 0.6) is 0 Å². The van der Waals surface area contributed by atoms with Gasteiger partial charge in [-0.1, -0.05) is 29.5 Å². The number of morpholine rings is 1. The van der Waals surface area contributed by atoms with E-state index in [1.807, 2.05) is 24.3 Å². The standard InChI is InChI=1S/C18H17N3O2S/c22-17(13-4-2-1-3-5-13)20-18-19-15-7-6-14(12-16(15)24-18)21-8-10-23-11-9-21/h1-7,12H,8-11H2,(H,19,20,22). The Hall–Kier alpha value is -2.44. The number of carbonyl (C=O) groups excluding carboxylic acids is 1. The molecule has 1 aromatic heterocycles. The van der Waals surface area contributed by atoms with Crippen LogP contribution in [0, 0.1) is 0 Å². The molecule has 1 fully saturated rings. The smallest absolute Gasteiger partial charge is 0.257 e. The van der Waals surface area contributed by atoms with Crippen LogP contribution in [-0.4, -0.2) is 37.2 Å². The molecule has 1 saturated heterocycles. The zero-order valence-corrected chi connectivity index (χ0v) is 13.9. The molecule has 0 radical (unpaired) electrons. The third kappa shape index (κ3) is 3.11. The summed E-state index contributed by atoms with van der Waals surface area (Å²) in [5.41, 5.74) is 2.71. The summed E-state index contributed by atoms with van der Waals surface area (Å²) in [5, 5.41) is 3.50. The highest BCUT2D eigenvalue weighted by Crippen LogP contribution is 2.30. The van der Waals surface area contributed by atoms with Gasteiger partial charge >= 0.3 is 0 Å². The van der Waals surface area contributed by atoms with E-state index < -0.39 is 0 Å². The molecule has 3 aromatic rings. The lowest BCUT2D eigenvalue weighted by atomic mass is 10.2. The van der Waals surface area contributed by atoms with Gasteiger partial charge in [0.2, 0.25) is 0 Å². The van der Waals surface area contributed by atoms with Gasteiger partial charge in [-0.3, -0.25) is 10.1 Å². The third-order valence-corrected chi connectivity index (χ3v) is 4.94. The highest BCUT2D eigenvalue weighted by atomic mass is 32.1. The van der Waals surface area contributed by atoms with E-state index in [2.05, 4.69) is 27.3 Å². The summed E-state index contributed by atoms with van der Waals surface area (Å²) in [7, 11) is 0. The molecular formula is C18H17N3O2S. The van der Waals surface area contributed by atoms with Gasteiger partial charge in [-0.2, -0.15) is 0 Å². The summed E-state index contributed by atoms with van der Waals surface area (Å²) >= 11 is 1.50. The van der Waals surface area contributed by atoms with Crippen molar-refractivity contribution >= 4 is 38.3 Å². The number of nitrogens with zero attached hydrogens (tertiary/aromatic N) is 2. The van der Waals surface area contributed by atoms with Gasteiger partial charge < -0.3 is 9.64 Å². The molecule has 2 heterocycles. The number of amides is 1. The Morgan fingerprint density at radius 1 is 1.12 bits per heavy atom. The predicted molar refractivity (Wildman–Crippen MR) is 97.0 cm³/mol. The lowest BCUT2D eigenvalue weighted by Gasteiger charge is -2.28. The maximum atomic E-state index is 12.2. The average Bonchev–Trinajstić information content (AvgIpc) is 3.04. The number of ether oxygens (including phenoxy) is 1. The molecule has 24 heavy (non-hydrogen) atoms.